The highest BCUT2D eigenvalue weighted by molar-refractivity contribution is 6.04. The van der Waals surface area contributed by atoms with Crippen molar-refractivity contribution in [3.05, 3.63) is 34.5 Å². The first-order valence-corrected chi connectivity index (χ1v) is 8.61. The summed E-state index contributed by atoms with van der Waals surface area (Å²) in [6, 6.07) is 4.08. The average molecular weight is 315 g/mol. The molecule has 0 unspecified atom stereocenters. The highest BCUT2D eigenvalue weighted by atomic mass is 16.4. The van der Waals surface area contributed by atoms with E-state index in [1.54, 1.807) is 0 Å². The Hall–Kier alpha value is -1.77. The van der Waals surface area contributed by atoms with Gasteiger partial charge in [0.25, 0.3) is 0 Å². The number of nitrogens with zero attached hydrogens (tertiary/aromatic N) is 1. The molecule has 0 fully saturated rings. The molecule has 1 N–H and O–H groups in total. The summed E-state index contributed by atoms with van der Waals surface area (Å²) >= 11 is 0. The predicted molar refractivity (Wildman–Crippen MR) is 96.6 cm³/mol. The van der Waals surface area contributed by atoms with Gasteiger partial charge in [-0.2, -0.15) is 0 Å². The first kappa shape index (κ1) is 17.6. The molecule has 1 aromatic heterocycles. The molecule has 0 aliphatic rings. The van der Waals surface area contributed by atoms with Gasteiger partial charge >= 0.3 is 5.97 Å². The number of carboxylic acid groups (broad SMARTS) is 1. The number of hydrogen-bond acceptors (Lipinski definition) is 1. The number of fused-ring (bicyclic) bond motifs is 1. The van der Waals surface area contributed by atoms with Crippen LogP contribution in [0.4, 0.5) is 0 Å². The number of aromatic nitrogens is 1. The van der Waals surface area contributed by atoms with Crippen molar-refractivity contribution in [2.75, 3.05) is 0 Å². The van der Waals surface area contributed by atoms with Gasteiger partial charge in [0.05, 0.1) is 11.1 Å². The molecule has 2 rings (SSSR count). The third-order valence-corrected chi connectivity index (χ3v) is 4.74. The van der Waals surface area contributed by atoms with Gasteiger partial charge in [0.2, 0.25) is 0 Å². The van der Waals surface area contributed by atoms with Crippen molar-refractivity contribution in [1.29, 1.82) is 0 Å². The number of unbranched alkanes of at least 4 members (excludes halogenated alkanes) is 1. The fraction of sp³-hybridized carbons (Fsp3) is 0.550. The lowest BCUT2D eigenvalue weighted by molar-refractivity contribution is 0.0698. The Balaban J connectivity index is 2.88. The van der Waals surface area contributed by atoms with Crippen molar-refractivity contribution in [3.8, 4) is 0 Å². The lowest BCUT2D eigenvalue weighted by Crippen LogP contribution is -2.13. The number of rotatable bonds is 5. The fourth-order valence-corrected chi connectivity index (χ4v) is 3.34. The molecule has 0 aliphatic carbocycles. The van der Waals surface area contributed by atoms with Crippen LogP contribution in [0.1, 0.15) is 74.6 Å². The summed E-state index contributed by atoms with van der Waals surface area (Å²) in [5.74, 6) is -0.838. The Bertz CT molecular complexity index is 732. The van der Waals surface area contributed by atoms with E-state index in [1.807, 2.05) is 6.07 Å². The Kier molecular flexibility index (Phi) is 4.88. The number of hydrogen-bond donors (Lipinski definition) is 1. The number of aryl methyl sites for hydroxylation is 2. The first-order chi connectivity index (χ1) is 10.7. The highest BCUT2D eigenvalue weighted by Gasteiger charge is 2.23. The van der Waals surface area contributed by atoms with Gasteiger partial charge < -0.3 is 9.67 Å². The summed E-state index contributed by atoms with van der Waals surface area (Å²) in [4.78, 5) is 11.9. The third-order valence-electron chi connectivity index (χ3n) is 4.74. The van der Waals surface area contributed by atoms with Crippen LogP contribution >= 0.6 is 0 Å². The van der Waals surface area contributed by atoms with E-state index < -0.39 is 5.97 Å². The van der Waals surface area contributed by atoms with E-state index in [0.29, 0.717) is 5.56 Å². The molecule has 0 saturated carbocycles. The zero-order valence-corrected chi connectivity index (χ0v) is 15.3. The van der Waals surface area contributed by atoms with Gasteiger partial charge in [-0.3, -0.25) is 0 Å². The van der Waals surface area contributed by atoms with Gasteiger partial charge in [-0.05, 0) is 55.4 Å². The molecule has 0 saturated heterocycles. The Morgan fingerprint density at radius 1 is 1.22 bits per heavy atom. The SMILES string of the molecule is CCCCc1c(C)n(CC)c2c(C(=O)O)cc(C(C)(C)C)cc12. The molecular formula is C20H29NO2. The second-order valence-corrected chi connectivity index (χ2v) is 7.39. The van der Waals surface area contributed by atoms with Crippen molar-refractivity contribution in [3.63, 3.8) is 0 Å². The van der Waals surface area contributed by atoms with Crippen molar-refractivity contribution in [1.82, 2.24) is 4.57 Å². The van der Waals surface area contributed by atoms with Crippen LogP contribution in [-0.2, 0) is 18.4 Å². The molecule has 1 heterocycles. The van der Waals surface area contributed by atoms with Gasteiger partial charge in [0.1, 0.15) is 0 Å². The van der Waals surface area contributed by atoms with Crippen LogP contribution < -0.4 is 0 Å². The molecule has 2 aromatic rings. The van der Waals surface area contributed by atoms with Crippen molar-refractivity contribution >= 4 is 16.9 Å². The van der Waals surface area contributed by atoms with Crippen LogP contribution in [0.25, 0.3) is 10.9 Å². The predicted octanol–water partition coefficient (Wildman–Crippen LogP) is 5.31. The van der Waals surface area contributed by atoms with Crippen LogP contribution in [-0.4, -0.2) is 15.6 Å². The smallest absolute Gasteiger partial charge is 0.337 e. The van der Waals surface area contributed by atoms with E-state index in [9.17, 15) is 9.90 Å². The third kappa shape index (κ3) is 3.15. The molecule has 126 valence electrons. The maximum absolute atomic E-state index is 11.9. The van der Waals surface area contributed by atoms with Gasteiger partial charge in [-0.1, -0.05) is 34.1 Å². The monoisotopic (exact) mass is 315 g/mol. The fourth-order valence-electron chi connectivity index (χ4n) is 3.34. The summed E-state index contributed by atoms with van der Waals surface area (Å²) in [6.45, 7) is 13.6. The highest BCUT2D eigenvalue weighted by Crippen LogP contribution is 2.34. The number of carboxylic acids is 1. The zero-order chi connectivity index (χ0) is 17.4. The van der Waals surface area contributed by atoms with Crippen molar-refractivity contribution in [2.45, 2.75) is 72.8 Å². The van der Waals surface area contributed by atoms with E-state index in [4.69, 9.17) is 0 Å². The van der Waals surface area contributed by atoms with E-state index in [0.717, 1.165) is 42.3 Å². The van der Waals surface area contributed by atoms with Crippen LogP contribution in [0, 0.1) is 6.92 Å². The van der Waals surface area contributed by atoms with Gasteiger partial charge in [0.15, 0.2) is 0 Å². The van der Waals surface area contributed by atoms with E-state index >= 15 is 0 Å². The Morgan fingerprint density at radius 2 is 1.87 bits per heavy atom. The molecule has 3 heteroatoms. The summed E-state index contributed by atoms with van der Waals surface area (Å²) in [5, 5.41) is 10.9. The summed E-state index contributed by atoms with van der Waals surface area (Å²) in [5.41, 5.74) is 4.87. The lowest BCUT2D eigenvalue weighted by Gasteiger charge is -2.20. The van der Waals surface area contributed by atoms with Crippen LogP contribution in [0.3, 0.4) is 0 Å². The second-order valence-electron chi connectivity index (χ2n) is 7.39. The molecule has 0 aliphatic heterocycles. The minimum absolute atomic E-state index is 0.0668. The maximum atomic E-state index is 11.9. The molecule has 0 bridgehead atoms. The lowest BCUT2D eigenvalue weighted by atomic mass is 9.84. The van der Waals surface area contributed by atoms with E-state index in [2.05, 4.69) is 52.2 Å². The minimum atomic E-state index is -0.838. The maximum Gasteiger partial charge on any atom is 0.337 e. The van der Waals surface area contributed by atoms with Gasteiger partial charge in [-0.25, -0.2) is 4.79 Å². The first-order valence-electron chi connectivity index (χ1n) is 8.61. The molecule has 3 nitrogen and oxygen atoms in total. The molecule has 1 aromatic carbocycles. The second kappa shape index (κ2) is 6.38. The van der Waals surface area contributed by atoms with Crippen LogP contribution in [0.15, 0.2) is 12.1 Å². The van der Waals surface area contributed by atoms with Crippen molar-refractivity contribution < 1.29 is 9.90 Å². The molecule has 0 spiro atoms. The summed E-state index contributed by atoms with van der Waals surface area (Å²) < 4.78 is 2.16. The number of aromatic carboxylic acids is 1. The summed E-state index contributed by atoms with van der Waals surface area (Å²) in [6.07, 6.45) is 3.29. The molecule has 0 radical (unpaired) electrons. The topological polar surface area (TPSA) is 42.2 Å². The zero-order valence-electron chi connectivity index (χ0n) is 15.3. The van der Waals surface area contributed by atoms with Gasteiger partial charge in [0, 0.05) is 17.6 Å². The van der Waals surface area contributed by atoms with Gasteiger partial charge in [-0.15, -0.1) is 0 Å². The quantitative estimate of drug-likeness (QED) is 0.812. The number of benzene rings is 1. The van der Waals surface area contributed by atoms with E-state index in [-0.39, 0.29) is 5.41 Å². The summed E-state index contributed by atoms with van der Waals surface area (Å²) in [7, 11) is 0. The average Bonchev–Trinajstić information content (AvgIpc) is 2.74. The van der Waals surface area contributed by atoms with Crippen LogP contribution in [0.5, 0.6) is 0 Å². The number of carbonyl (C=O) groups is 1. The Labute approximate surface area is 139 Å². The molecule has 23 heavy (non-hydrogen) atoms. The normalized spacial score (nSPS) is 12.1. The van der Waals surface area contributed by atoms with E-state index in [1.165, 1.54) is 11.3 Å². The van der Waals surface area contributed by atoms with Crippen LogP contribution in [0.2, 0.25) is 0 Å². The molecule has 0 amide bonds. The molecular weight excluding hydrogens is 286 g/mol. The Morgan fingerprint density at radius 3 is 2.35 bits per heavy atom. The standard InChI is InChI=1S/C20H29NO2/c1-7-9-10-15-13(3)21(8-2)18-16(15)11-14(20(4,5)6)12-17(18)19(22)23/h11-12H,7-10H2,1-6H3,(H,22,23). The van der Waals surface area contributed by atoms with Crippen molar-refractivity contribution in [2.24, 2.45) is 0 Å². The largest absolute Gasteiger partial charge is 0.478 e. The molecule has 0 atom stereocenters. The minimum Gasteiger partial charge on any atom is -0.478 e.